The Bertz CT molecular complexity index is 884. The normalized spacial score (nSPS) is 16.3. The molecule has 0 unspecified atom stereocenters. The molecule has 2 aromatic carbocycles. The van der Waals surface area contributed by atoms with E-state index in [1.807, 2.05) is 39.0 Å². The molecule has 0 radical (unpaired) electrons. The molecule has 4 nitrogen and oxygen atoms in total. The van der Waals surface area contributed by atoms with Crippen LogP contribution in [0.4, 0.5) is 4.39 Å². The molecule has 0 aliphatic carbocycles. The van der Waals surface area contributed by atoms with Crippen LogP contribution in [0.5, 0.6) is 0 Å². The SMILES string of the molecule is Cc1ccccc1C1=NO[C@H](CN(Cc2ccc(F)cc2)C(=O)CC(C)(C)C)C1. The van der Waals surface area contributed by atoms with Crippen LogP contribution in [-0.4, -0.2) is 29.2 Å². The van der Waals surface area contributed by atoms with Gasteiger partial charge in [0.25, 0.3) is 0 Å². The van der Waals surface area contributed by atoms with E-state index in [9.17, 15) is 9.18 Å². The van der Waals surface area contributed by atoms with Gasteiger partial charge in [-0.05, 0) is 35.6 Å². The molecule has 1 heterocycles. The van der Waals surface area contributed by atoms with Crippen molar-refractivity contribution in [3.63, 3.8) is 0 Å². The van der Waals surface area contributed by atoms with Crippen LogP contribution in [0.1, 0.15) is 50.3 Å². The molecule has 0 bridgehead atoms. The van der Waals surface area contributed by atoms with Crippen LogP contribution in [0, 0.1) is 18.2 Å². The van der Waals surface area contributed by atoms with Crippen molar-refractivity contribution in [2.45, 2.75) is 53.2 Å². The number of halogens is 1. The summed E-state index contributed by atoms with van der Waals surface area (Å²) in [6.07, 6.45) is 0.911. The highest BCUT2D eigenvalue weighted by molar-refractivity contribution is 6.02. The van der Waals surface area contributed by atoms with Gasteiger partial charge in [0, 0.05) is 24.9 Å². The third-order valence-corrected chi connectivity index (χ3v) is 4.93. The number of rotatable bonds is 6. The van der Waals surface area contributed by atoms with Gasteiger partial charge in [-0.1, -0.05) is 62.3 Å². The summed E-state index contributed by atoms with van der Waals surface area (Å²) in [5, 5.41) is 4.28. The summed E-state index contributed by atoms with van der Waals surface area (Å²) in [5.74, 6) is -0.216. The maximum atomic E-state index is 13.3. The molecule has 0 aromatic heterocycles. The standard InChI is InChI=1S/C24H29FN2O2/c1-17-7-5-6-8-21(17)22-13-20(29-26-22)16-27(23(28)14-24(2,3)4)15-18-9-11-19(25)12-10-18/h5-12,20H,13-16H2,1-4H3/t20-/m0/s1. The molecule has 0 N–H and O–H groups in total. The second-order valence-corrected chi connectivity index (χ2v) is 8.92. The van der Waals surface area contributed by atoms with Crippen molar-refractivity contribution in [3.05, 3.63) is 71.0 Å². The van der Waals surface area contributed by atoms with E-state index < -0.39 is 0 Å². The van der Waals surface area contributed by atoms with Crippen LogP contribution in [0.3, 0.4) is 0 Å². The van der Waals surface area contributed by atoms with Crippen molar-refractivity contribution >= 4 is 11.6 Å². The van der Waals surface area contributed by atoms with Crippen LogP contribution < -0.4 is 0 Å². The monoisotopic (exact) mass is 396 g/mol. The van der Waals surface area contributed by atoms with Gasteiger partial charge >= 0.3 is 0 Å². The molecule has 5 heteroatoms. The Hall–Kier alpha value is -2.69. The highest BCUT2D eigenvalue weighted by Crippen LogP contribution is 2.24. The van der Waals surface area contributed by atoms with Gasteiger partial charge in [0.05, 0.1) is 12.3 Å². The Morgan fingerprint density at radius 1 is 1.17 bits per heavy atom. The fourth-order valence-electron chi connectivity index (χ4n) is 3.46. The molecule has 29 heavy (non-hydrogen) atoms. The summed E-state index contributed by atoms with van der Waals surface area (Å²) >= 11 is 0. The Kier molecular flexibility index (Phi) is 6.36. The Balaban J connectivity index is 1.70. The van der Waals surface area contributed by atoms with Gasteiger partial charge in [-0.25, -0.2) is 4.39 Å². The number of amides is 1. The smallest absolute Gasteiger partial charge is 0.223 e. The van der Waals surface area contributed by atoms with Crippen LogP contribution in [0.15, 0.2) is 53.7 Å². The molecule has 2 aromatic rings. The van der Waals surface area contributed by atoms with Gasteiger partial charge in [0.2, 0.25) is 5.91 Å². The summed E-state index contributed by atoms with van der Waals surface area (Å²) < 4.78 is 13.3. The number of oxime groups is 1. The second kappa shape index (κ2) is 8.76. The number of nitrogens with zero attached hydrogens (tertiary/aromatic N) is 2. The van der Waals surface area contributed by atoms with Gasteiger partial charge in [-0.2, -0.15) is 0 Å². The fraction of sp³-hybridized carbons (Fsp3) is 0.417. The van der Waals surface area contributed by atoms with Crippen molar-refractivity contribution in [3.8, 4) is 0 Å². The number of hydrogen-bond acceptors (Lipinski definition) is 3. The number of hydrogen-bond donors (Lipinski definition) is 0. The summed E-state index contributed by atoms with van der Waals surface area (Å²) in [7, 11) is 0. The minimum atomic E-state index is -0.281. The Morgan fingerprint density at radius 3 is 2.52 bits per heavy atom. The van der Waals surface area contributed by atoms with E-state index in [-0.39, 0.29) is 23.2 Å². The van der Waals surface area contributed by atoms with Gasteiger partial charge in [-0.15, -0.1) is 0 Å². The summed E-state index contributed by atoms with van der Waals surface area (Å²) in [4.78, 5) is 20.5. The molecule has 0 saturated heterocycles. The van der Waals surface area contributed by atoms with Crippen LogP contribution in [-0.2, 0) is 16.2 Å². The zero-order valence-electron chi connectivity index (χ0n) is 17.6. The van der Waals surface area contributed by atoms with Gasteiger partial charge in [0.1, 0.15) is 5.82 Å². The van der Waals surface area contributed by atoms with E-state index >= 15 is 0 Å². The maximum absolute atomic E-state index is 13.3. The summed E-state index contributed by atoms with van der Waals surface area (Å²) in [6.45, 7) is 9.07. The highest BCUT2D eigenvalue weighted by atomic mass is 19.1. The van der Waals surface area contributed by atoms with E-state index in [0.717, 1.165) is 22.4 Å². The quantitative estimate of drug-likeness (QED) is 0.682. The largest absolute Gasteiger partial charge is 0.390 e. The van der Waals surface area contributed by atoms with E-state index in [1.165, 1.54) is 12.1 Å². The number of aryl methyl sites for hydroxylation is 1. The molecular weight excluding hydrogens is 367 g/mol. The first kappa shape index (κ1) is 21.0. The third kappa shape index (κ3) is 5.89. The molecule has 3 rings (SSSR count). The lowest BCUT2D eigenvalue weighted by Gasteiger charge is -2.28. The molecule has 0 saturated carbocycles. The lowest BCUT2D eigenvalue weighted by Crippen LogP contribution is -2.38. The van der Waals surface area contributed by atoms with Crippen LogP contribution in [0.2, 0.25) is 0 Å². The van der Waals surface area contributed by atoms with Crippen molar-refractivity contribution in [1.82, 2.24) is 4.90 Å². The molecule has 1 amide bonds. The molecule has 1 aliphatic rings. The third-order valence-electron chi connectivity index (χ3n) is 4.93. The van der Waals surface area contributed by atoms with Crippen LogP contribution in [0.25, 0.3) is 0 Å². The van der Waals surface area contributed by atoms with Crippen molar-refractivity contribution < 1.29 is 14.0 Å². The van der Waals surface area contributed by atoms with E-state index in [2.05, 4.69) is 18.1 Å². The van der Waals surface area contributed by atoms with Gasteiger partial charge < -0.3 is 9.74 Å². The molecule has 0 fully saturated rings. The van der Waals surface area contributed by atoms with Crippen molar-refractivity contribution in [2.24, 2.45) is 10.6 Å². The highest BCUT2D eigenvalue weighted by Gasteiger charge is 2.29. The minimum absolute atomic E-state index is 0.0646. The number of carbonyl (C=O) groups is 1. The molecular formula is C24H29FN2O2. The summed E-state index contributed by atoms with van der Waals surface area (Å²) in [5.41, 5.74) is 3.94. The van der Waals surface area contributed by atoms with Crippen molar-refractivity contribution in [1.29, 1.82) is 0 Å². The molecule has 1 atom stereocenters. The fourth-order valence-corrected chi connectivity index (χ4v) is 3.46. The topological polar surface area (TPSA) is 41.9 Å². The van der Waals surface area contributed by atoms with E-state index in [1.54, 1.807) is 17.0 Å². The first-order chi connectivity index (χ1) is 13.7. The molecule has 0 spiro atoms. The zero-order chi connectivity index (χ0) is 21.0. The lowest BCUT2D eigenvalue weighted by molar-refractivity contribution is -0.135. The van der Waals surface area contributed by atoms with Gasteiger partial charge in [0.15, 0.2) is 6.10 Å². The Morgan fingerprint density at radius 2 is 1.86 bits per heavy atom. The van der Waals surface area contributed by atoms with Crippen LogP contribution >= 0.6 is 0 Å². The molecule has 154 valence electrons. The predicted octanol–water partition coefficient (Wildman–Crippen LogP) is 5.09. The van der Waals surface area contributed by atoms with Gasteiger partial charge in [-0.3, -0.25) is 4.79 Å². The van der Waals surface area contributed by atoms with E-state index in [4.69, 9.17) is 4.84 Å². The average Bonchev–Trinajstić information content (AvgIpc) is 3.10. The predicted molar refractivity (Wildman–Crippen MR) is 113 cm³/mol. The first-order valence-corrected chi connectivity index (χ1v) is 10.0. The summed E-state index contributed by atoms with van der Waals surface area (Å²) in [6, 6.07) is 14.4. The lowest BCUT2D eigenvalue weighted by atomic mass is 9.91. The number of carbonyl (C=O) groups excluding carboxylic acids is 1. The molecule has 1 aliphatic heterocycles. The average molecular weight is 397 g/mol. The maximum Gasteiger partial charge on any atom is 0.223 e. The Labute approximate surface area is 172 Å². The van der Waals surface area contributed by atoms with Crippen molar-refractivity contribution in [2.75, 3.05) is 6.54 Å². The zero-order valence-corrected chi connectivity index (χ0v) is 17.6. The number of benzene rings is 2. The minimum Gasteiger partial charge on any atom is -0.390 e. The van der Waals surface area contributed by atoms with E-state index in [0.29, 0.717) is 25.9 Å². The first-order valence-electron chi connectivity index (χ1n) is 10.0. The second-order valence-electron chi connectivity index (χ2n) is 8.92.